The highest BCUT2D eigenvalue weighted by Crippen LogP contribution is 2.47. The van der Waals surface area contributed by atoms with Gasteiger partial charge >= 0.3 is 0 Å². The van der Waals surface area contributed by atoms with E-state index in [4.69, 9.17) is 0 Å². The van der Waals surface area contributed by atoms with Crippen LogP contribution in [0.25, 0.3) is 21.9 Å². The van der Waals surface area contributed by atoms with Crippen molar-refractivity contribution in [2.45, 2.75) is 12.8 Å². The molecule has 0 radical (unpaired) electrons. The summed E-state index contributed by atoms with van der Waals surface area (Å²) >= 11 is 0. The molecule has 5 rings (SSSR count). The van der Waals surface area contributed by atoms with Crippen molar-refractivity contribution in [3.05, 3.63) is 70.8 Å². The van der Waals surface area contributed by atoms with Crippen LogP contribution in [0.3, 0.4) is 0 Å². The summed E-state index contributed by atoms with van der Waals surface area (Å²) < 4.78 is 0. The first-order valence-electron chi connectivity index (χ1n) is 6.56. The van der Waals surface area contributed by atoms with E-state index < -0.39 is 0 Å². The highest BCUT2D eigenvalue weighted by Gasteiger charge is 2.27. The van der Waals surface area contributed by atoms with Crippen LogP contribution in [0.2, 0.25) is 0 Å². The molecule has 0 saturated heterocycles. The van der Waals surface area contributed by atoms with Crippen LogP contribution in [0.5, 0.6) is 0 Å². The van der Waals surface area contributed by atoms with Crippen LogP contribution in [-0.4, -0.2) is 0 Å². The van der Waals surface area contributed by atoms with Crippen LogP contribution < -0.4 is 0 Å². The van der Waals surface area contributed by atoms with Gasteiger partial charge in [0, 0.05) is 0 Å². The van der Waals surface area contributed by atoms with Crippen molar-refractivity contribution in [3.8, 4) is 11.1 Å². The Morgan fingerprint density at radius 2 is 1.22 bits per heavy atom. The highest BCUT2D eigenvalue weighted by molar-refractivity contribution is 6.05. The van der Waals surface area contributed by atoms with Gasteiger partial charge in [-0.1, -0.05) is 48.5 Å². The van der Waals surface area contributed by atoms with Crippen LogP contribution in [0.4, 0.5) is 0 Å². The van der Waals surface area contributed by atoms with Gasteiger partial charge in [-0.25, -0.2) is 0 Å². The fourth-order valence-corrected chi connectivity index (χ4v) is 3.76. The molecule has 0 saturated carbocycles. The monoisotopic (exact) mass is 228 g/mol. The van der Waals surface area contributed by atoms with Gasteiger partial charge in [0.1, 0.15) is 0 Å². The third kappa shape index (κ3) is 0.896. The zero-order chi connectivity index (χ0) is 11.7. The van der Waals surface area contributed by atoms with Gasteiger partial charge in [0.15, 0.2) is 0 Å². The van der Waals surface area contributed by atoms with E-state index in [0.29, 0.717) is 0 Å². The summed E-state index contributed by atoms with van der Waals surface area (Å²) in [7, 11) is 0. The molecule has 0 aromatic heterocycles. The number of rotatable bonds is 0. The Kier molecular flexibility index (Phi) is 1.41. The van der Waals surface area contributed by atoms with Gasteiger partial charge in [-0.15, -0.1) is 0 Å². The molecule has 0 atom stereocenters. The van der Waals surface area contributed by atoms with Crippen LogP contribution in [0, 0.1) is 0 Å². The Morgan fingerprint density at radius 3 is 2.11 bits per heavy atom. The molecule has 84 valence electrons. The summed E-state index contributed by atoms with van der Waals surface area (Å²) in [5, 5.41) is 2.90. The van der Waals surface area contributed by atoms with Crippen molar-refractivity contribution in [1.29, 1.82) is 0 Å². The predicted octanol–water partition coefficient (Wildman–Crippen LogP) is 4.32. The fourth-order valence-electron chi connectivity index (χ4n) is 3.76. The molecule has 0 bridgehead atoms. The minimum Gasteiger partial charge on any atom is -0.0617 e. The first-order valence-corrected chi connectivity index (χ1v) is 6.56. The van der Waals surface area contributed by atoms with Crippen LogP contribution in [0.15, 0.2) is 48.5 Å². The Bertz CT molecular complexity index is 825. The lowest BCUT2D eigenvalue weighted by molar-refractivity contribution is 1.19. The summed E-state index contributed by atoms with van der Waals surface area (Å²) in [5.74, 6) is 0. The zero-order valence-corrected chi connectivity index (χ0v) is 10.0. The van der Waals surface area contributed by atoms with Gasteiger partial charge < -0.3 is 0 Å². The molecule has 0 heterocycles. The van der Waals surface area contributed by atoms with Crippen molar-refractivity contribution in [3.63, 3.8) is 0 Å². The molecule has 0 N–H and O–H groups in total. The van der Waals surface area contributed by atoms with Crippen LogP contribution in [0.1, 0.15) is 22.3 Å². The molecule has 0 heteroatoms. The average molecular weight is 228 g/mol. The normalized spacial score (nSPS) is 14.2. The van der Waals surface area contributed by atoms with Crippen molar-refractivity contribution < 1.29 is 0 Å². The van der Waals surface area contributed by atoms with Crippen molar-refractivity contribution in [2.24, 2.45) is 0 Å². The summed E-state index contributed by atoms with van der Waals surface area (Å²) in [6, 6.07) is 18.1. The molecule has 2 aliphatic carbocycles. The summed E-state index contributed by atoms with van der Waals surface area (Å²) in [5.41, 5.74) is 9.10. The minimum absolute atomic E-state index is 1.09. The molecule has 0 aliphatic heterocycles. The Balaban J connectivity index is 2.10. The number of hydrogen-bond acceptors (Lipinski definition) is 0. The van der Waals surface area contributed by atoms with E-state index in [-0.39, 0.29) is 0 Å². The smallest absolute Gasteiger partial charge is 0.00131 e. The second-order valence-corrected chi connectivity index (χ2v) is 5.42. The van der Waals surface area contributed by atoms with Crippen LogP contribution >= 0.6 is 0 Å². The van der Waals surface area contributed by atoms with Gasteiger partial charge in [0.25, 0.3) is 0 Å². The van der Waals surface area contributed by atoms with Gasteiger partial charge in [-0.05, 0) is 57.0 Å². The van der Waals surface area contributed by atoms with E-state index in [1.54, 1.807) is 0 Å². The lowest BCUT2D eigenvalue weighted by Gasteiger charge is -2.20. The second kappa shape index (κ2) is 2.84. The molecule has 0 amide bonds. The van der Waals surface area contributed by atoms with Crippen LogP contribution in [-0.2, 0) is 12.8 Å². The number of hydrogen-bond donors (Lipinski definition) is 0. The largest absolute Gasteiger partial charge is 0.0617 e. The van der Waals surface area contributed by atoms with Gasteiger partial charge in [0.05, 0.1) is 0 Å². The van der Waals surface area contributed by atoms with Gasteiger partial charge in [-0.2, -0.15) is 0 Å². The number of benzene rings is 3. The summed E-state index contributed by atoms with van der Waals surface area (Å²) in [4.78, 5) is 0. The van der Waals surface area contributed by atoms with E-state index in [1.165, 1.54) is 44.2 Å². The van der Waals surface area contributed by atoms with Crippen molar-refractivity contribution in [2.75, 3.05) is 0 Å². The first-order chi connectivity index (χ1) is 8.92. The Hall–Kier alpha value is -2.08. The maximum Gasteiger partial charge on any atom is -0.00131 e. The Morgan fingerprint density at radius 1 is 0.556 bits per heavy atom. The predicted molar refractivity (Wildman–Crippen MR) is 75.0 cm³/mol. The van der Waals surface area contributed by atoms with E-state index in [0.717, 1.165) is 12.8 Å². The second-order valence-electron chi connectivity index (χ2n) is 5.42. The molecule has 0 unspecified atom stereocenters. The molecule has 18 heavy (non-hydrogen) atoms. The standard InChI is InChI=1S/C18H12/c1-3-11-7-8-15-10-14-6-2-5-13-9-12(4-1)16(11)18(15)17(13)14/h1-8H,9-10H2. The van der Waals surface area contributed by atoms with E-state index in [9.17, 15) is 0 Å². The average Bonchev–Trinajstić information content (AvgIpc) is 2.79. The Labute approximate surface area is 106 Å². The van der Waals surface area contributed by atoms with Crippen molar-refractivity contribution in [1.82, 2.24) is 0 Å². The topological polar surface area (TPSA) is 0 Å². The lowest BCUT2D eigenvalue weighted by Crippen LogP contribution is -2.00. The molecule has 0 nitrogen and oxygen atoms in total. The molecule has 2 aliphatic rings. The molecule has 0 fully saturated rings. The molecular formula is C18H12. The summed E-state index contributed by atoms with van der Waals surface area (Å²) in [6.07, 6.45) is 2.21. The SMILES string of the molecule is c1cc2c3c(c1)Cc1cccc4ccc(c-3c14)C2. The molecule has 0 spiro atoms. The molecule has 3 aromatic carbocycles. The minimum atomic E-state index is 1.09. The zero-order valence-electron chi connectivity index (χ0n) is 10.0. The van der Waals surface area contributed by atoms with E-state index in [2.05, 4.69) is 48.5 Å². The summed E-state index contributed by atoms with van der Waals surface area (Å²) in [6.45, 7) is 0. The third-order valence-electron chi connectivity index (χ3n) is 4.47. The quantitative estimate of drug-likeness (QED) is 0.370. The first kappa shape index (κ1) is 8.93. The third-order valence-corrected chi connectivity index (χ3v) is 4.47. The maximum absolute atomic E-state index is 2.32. The maximum atomic E-state index is 2.32. The fraction of sp³-hybridized carbons (Fsp3) is 0.111. The lowest BCUT2D eigenvalue weighted by atomic mass is 9.84. The molecule has 3 aromatic rings. The molecular weight excluding hydrogens is 216 g/mol. The highest BCUT2D eigenvalue weighted by atomic mass is 14.3. The van der Waals surface area contributed by atoms with Gasteiger partial charge in [0.2, 0.25) is 0 Å². The van der Waals surface area contributed by atoms with E-state index in [1.807, 2.05) is 0 Å². The van der Waals surface area contributed by atoms with Crippen molar-refractivity contribution >= 4 is 10.8 Å². The van der Waals surface area contributed by atoms with Gasteiger partial charge in [-0.3, -0.25) is 0 Å². The van der Waals surface area contributed by atoms with E-state index >= 15 is 0 Å².